The van der Waals surface area contributed by atoms with Gasteiger partial charge in [0.1, 0.15) is 11.9 Å². The molecule has 206 valence electrons. The smallest absolute Gasteiger partial charge is 0.337 e. The fourth-order valence-corrected chi connectivity index (χ4v) is 7.03. The molecule has 2 aliphatic carbocycles. The maximum atomic E-state index is 14.1. The van der Waals surface area contributed by atoms with Crippen LogP contribution in [-0.2, 0) is 14.3 Å². The molecule has 0 bridgehead atoms. The molecule has 2 N–H and O–H groups in total. The first kappa shape index (κ1) is 27.2. The van der Waals surface area contributed by atoms with E-state index in [2.05, 4.69) is 52.1 Å². The number of esters is 1. The number of hydrogen-bond donors (Lipinski definition) is 2. The van der Waals surface area contributed by atoms with Crippen molar-refractivity contribution in [2.24, 2.45) is 5.92 Å². The van der Waals surface area contributed by atoms with Crippen molar-refractivity contribution in [3.63, 3.8) is 0 Å². The number of hydrogen-bond acceptors (Lipinski definition) is 5. The van der Waals surface area contributed by atoms with Gasteiger partial charge in [-0.05, 0) is 106 Å². The minimum Gasteiger partial charge on any atom is -0.508 e. The standard InChI is InChI=1S/C34H41NO4/c1-6-20(3)33-32(34(38)39-26-12-7-8-13-26)30(23-10-9-11-25(36)16-23)31-27(35-33)17-24(18-28(31)37)29-21(4)14-19(2)15-22(29)5/h9-11,14-16,20,24,26,30,35-36H,6-8,12-13,17-18H2,1-5H3. The van der Waals surface area contributed by atoms with Crippen LogP contribution < -0.4 is 5.32 Å². The van der Waals surface area contributed by atoms with E-state index in [0.717, 1.165) is 49.1 Å². The van der Waals surface area contributed by atoms with Gasteiger partial charge in [0.05, 0.1) is 5.57 Å². The number of nitrogens with one attached hydrogen (secondary N) is 1. The second-order valence-corrected chi connectivity index (χ2v) is 11.8. The van der Waals surface area contributed by atoms with Gasteiger partial charge in [-0.2, -0.15) is 0 Å². The Morgan fingerprint density at radius 1 is 1.08 bits per heavy atom. The van der Waals surface area contributed by atoms with Gasteiger partial charge in [-0.25, -0.2) is 4.79 Å². The van der Waals surface area contributed by atoms with Crippen molar-refractivity contribution >= 4 is 11.8 Å². The molecule has 0 spiro atoms. The van der Waals surface area contributed by atoms with Crippen LogP contribution in [0.5, 0.6) is 5.75 Å². The molecule has 1 aliphatic heterocycles. The third-order valence-electron chi connectivity index (χ3n) is 8.91. The maximum Gasteiger partial charge on any atom is 0.337 e. The molecule has 0 radical (unpaired) electrons. The van der Waals surface area contributed by atoms with E-state index < -0.39 is 5.92 Å². The number of aryl methyl sites for hydroxylation is 3. The van der Waals surface area contributed by atoms with E-state index in [-0.39, 0.29) is 35.4 Å². The summed E-state index contributed by atoms with van der Waals surface area (Å²) >= 11 is 0. The molecule has 2 aromatic carbocycles. The summed E-state index contributed by atoms with van der Waals surface area (Å²) in [7, 11) is 0. The van der Waals surface area contributed by atoms with Gasteiger partial charge in [0.15, 0.2) is 5.78 Å². The SMILES string of the molecule is CCC(C)C1=C(C(=O)OC2CCCC2)C(c2cccc(O)c2)C2=C(CC(c3c(C)cc(C)cc3C)CC2=O)N1. The molecule has 5 heteroatoms. The van der Waals surface area contributed by atoms with Crippen molar-refractivity contribution in [2.75, 3.05) is 0 Å². The zero-order valence-corrected chi connectivity index (χ0v) is 23.9. The lowest BCUT2D eigenvalue weighted by Crippen LogP contribution is -2.39. The fourth-order valence-electron chi connectivity index (χ4n) is 7.03. The highest BCUT2D eigenvalue weighted by Crippen LogP contribution is 2.48. The summed E-state index contributed by atoms with van der Waals surface area (Å²) in [5.41, 5.74) is 8.56. The van der Waals surface area contributed by atoms with Crippen molar-refractivity contribution < 1.29 is 19.4 Å². The minimum absolute atomic E-state index is 0.0517. The van der Waals surface area contributed by atoms with Gasteiger partial charge in [0.2, 0.25) is 0 Å². The van der Waals surface area contributed by atoms with E-state index in [1.807, 2.05) is 6.07 Å². The van der Waals surface area contributed by atoms with Crippen molar-refractivity contribution in [1.29, 1.82) is 0 Å². The molecular formula is C34H41NO4. The number of phenols is 1. The van der Waals surface area contributed by atoms with Gasteiger partial charge in [0, 0.05) is 29.3 Å². The van der Waals surface area contributed by atoms with E-state index >= 15 is 0 Å². The first-order valence-electron chi connectivity index (χ1n) is 14.5. The molecule has 2 aromatic rings. The van der Waals surface area contributed by atoms with Gasteiger partial charge >= 0.3 is 5.97 Å². The molecule has 3 unspecified atom stereocenters. The lowest BCUT2D eigenvalue weighted by molar-refractivity contribution is -0.144. The Balaban J connectivity index is 1.63. The van der Waals surface area contributed by atoms with Crippen LogP contribution in [0, 0.1) is 26.7 Å². The van der Waals surface area contributed by atoms with Crippen molar-refractivity contribution in [2.45, 2.75) is 97.5 Å². The molecule has 5 nitrogen and oxygen atoms in total. The number of allylic oxidation sites excluding steroid dienone is 3. The number of ketones is 1. The van der Waals surface area contributed by atoms with E-state index in [4.69, 9.17) is 4.74 Å². The van der Waals surface area contributed by atoms with Gasteiger partial charge in [-0.1, -0.05) is 43.7 Å². The quantitative estimate of drug-likeness (QED) is 0.389. The van der Waals surface area contributed by atoms with Gasteiger partial charge < -0.3 is 15.2 Å². The van der Waals surface area contributed by atoms with Crippen LogP contribution in [0.1, 0.15) is 98.4 Å². The Morgan fingerprint density at radius 3 is 2.41 bits per heavy atom. The first-order chi connectivity index (χ1) is 18.7. The number of dihydropyridines is 1. The summed E-state index contributed by atoms with van der Waals surface area (Å²) < 4.78 is 6.07. The third kappa shape index (κ3) is 5.28. The number of rotatable bonds is 6. The lowest BCUT2D eigenvalue weighted by atomic mass is 9.70. The highest BCUT2D eigenvalue weighted by molar-refractivity contribution is 6.04. The molecule has 3 aliphatic rings. The number of phenolic OH excluding ortho intramolecular Hbond substituents is 1. The largest absolute Gasteiger partial charge is 0.508 e. The lowest BCUT2D eigenvalue weighted by Gasteiger charge is -2.39. The van der Waals surface area contributed by atoms with E-state index in [1.54, 1.807) is 18.2 Å². The van der Waals surface area contributed by atoms with Crippen LogP contribution >= 0.6 is 0 Å². The molecule has 1 fully saturated rings. The zero-order chi connectivity index (χ0) is 27.8. The van der Waals surface area contributed by atoms with Crippen LogP contribution in [0.25, 0.3) is 0 Å². The monoisotopic (exact) mass is 527 g/mol. The van der Waals surface area contributed by atoms with Crippen LogP contribution in [0.2, 0.25) is 0 Å². The molecule has 3 atom stereocenters. The predicted molar refractivity (Wildman–Crippen MR) is 153 cm³/mol. The molecule has 0 saturated heterocycles. The number of ether oxygens (including phenoxy) is 1. The highest BCUT2D eigenvalue weighted by atomic mass is 16.5. The molecule has 1 heterocycles. The van der Waals surface area contributed by atoms with Crippen LogP contribution in [0.3, 0.4) is 0 Å². The number of carbonyl (C=O) groups excluding carboxylic acids is 2. The summed E-state index contributed by atoms with van der Waals surface area (Å²) in [4.78, 5) is 28.0. The summed E-state index contributed by atoms with van der Waals surface area (Å²) in [5.74, 6) is -0.600. The number of Topliss-reactive ketones (excluding diaryl/α,β-unsaturated/α-hetero) is 1. The topological polar surface area (TPSA) is 75.6 Å². The Kier molecular flexibility index (Phi) is 7.70. The Bertz CT molecular complexity index is 1340. The van der Waals surface area contributed by atoms with E-state index in [0.29, 0.717) is 24.0 Å². The Hall–Kier alpha value is -3.34. The van der Waals surface area contributed by atoms with E-state index in [1.165, 1.54) is 22.3 Å². The summed E-state index contributed by atoms with van der Waals surface area (Å²) in [6, 6.07) is 11.4. The zero-order valence-electron chi connectivity index (χ0n) is 23.9. The molecule has 1 saturated carbocycles. The van der Waals surface area contributed by atoms with E-state index in [9.17, 15) is 14.7 Å². The molecule has 0 aromatic heterocycles. The first-order valence-corrected chi connectivity index (χ1v) is 14.5. The molecular weight excluding hydrogens is 486 g/mol. The van der Waals surface area contributed by atoms with Crippen LogP contribution in [0.4, 0.5) is 0 Å². The van der Waals surface area contributed by atoms with Gasteiger partial charge in [-0.15, -0.1) is 0 Å². The highest BCUT2D eigenvalue weighted by Gasteiger charge is 2.44. The number of aromatic hydroxyl groups is 1. The van der Waals surface area contributed by atoms with Crippen molar-refractivity contribution in [3.8, 4) is 5.75 Å². The summed E-state index contributed by atoms with van der Waals surface area (Å²) in [6.07, 6.45) is 5.74. The summed E-state index contributed by atoms with van der Waals surface area (Å²) in [5, 5.41) is 14.0. The molecule has 0 amide bonds. The third-order valence-corrected chi connectivity index (χ3v) is 8.91. The van der Waals surface area contributed by atoms with Crippen molar-refractivity contribution in [1.82, 2.24) is 5.32 Å². The van der Waals surface area contributed by atoms with Gasteiger partial charge in [-0.3, -0.25) is 4.79 Å². The van der Waals surface area contributed by atoms with Crippen molar-refractivity contribution in [3.05, 3.63) is 86.8 Å². The van der Waals surface area contributed by atoms with Crippen LogP contribution in [0.15, 0.2) is 58.9 Å². The Labute approximate surface area is 232 Å². The Morgan fingerprint density at radius 2 is 1.77 bits per heavy atom. The second-order valence-electron chi connectivity index (χ2n) is 11.8. The average Bonchev–Trinajstić information content (AvgIpc) is 3.39. The number of carbonyl (C=O) groups is 2. The average molecular weight is 528 g/mol. The predicted octanol–water partition coefficient (Wildman–Crippen LogP) is 7.19. The minimum atomic E-state index is -0.570. The maximum absolute atomic E-state index is 14.1. The van der Waals surface area contributed by atoms with Crippen LogP contribution in [-0.4, -0.2) is 23.0 Å². The normalized spacial score (nSPS) is 22.5. The molecule has 5 rings (SSSR count). The van der Waals surface area contributed by atoms with Gasteiger partial charge in [0.25, 0.3) is 0 Å². The second kappa shape index (κ2) is 11.0. The molecule has 39 heavy (non-hydrogen) atoms. The summed E-state index contributed by atoms with van der Waals surface area (Å²) in [6.45, 7) is 10.6. The fraction of sp³-hybridized carbons (Fsp3) is 0.471. The number of benzene rings is 2.